The number of amides is 1. The number of nitrogens with zero attached hydrogens (tertiary/aromatic N) is 3. The first-order valence-electron chi connectivity index (χ1n) is 12.8. The zero-order chi connectivity index (χ0) is 29.3. The number of rotatable bonds is 4. The lowest BCUT2D eigenvalue weighted by Gasteiger charge is -2.25. The van der Waals surface area contributed by atoms with Crippen LogP contribution in [0.4, 0.5) is 19.0 Å². The summed E-state index contributed by atoms with van der Waals surface area (Å²) in [6.07, 6.45) is 0.512. The molecule has 0 bridgehead atoms. The van der Waals surface area contributed by atoms with E-state index in [0.717, 1.165) is 11.1 Å². The lowest BCUT2D eigenvalue weighted by atomic mass is 9.91. The van der Waals surface area contributed by atoms with Gasteiger partial charge in [-0.15, -0.1) is 0 Å². The van der Waals surface area contributed by atoms with Crippen LogP contribution in [0.15, 0.2) is 42.5 Å². The Balaban J connectivity index is 0.00000181. The molecule has 40 heavy (non-hydrogen) atoms. The molecule has 1 aliphatic carbocycles. The highest BCUT2D eigenvalue weighted by molar-refractivity contribution is 7.27. The number of anilines is 1. The molecule has 0 aliphatic heterocycles. The first kappa shape index (κ1) is 29.0. The minimum atomic E-state index is -1.35. The standard InChI is InChI=1S/C28H23F3N3O3P.C2H6/c1-13-19(23(30)24(31)27(38)22(13)29)12-21(37)34(2)28-25(14-3-6-16(35)7-4-14)33-26-18-9-8-17(36)11-15(18)5-10-20(26)32-28;1-2/h3-4,6-9,11,35-36H,5,10,12,38H2,1-2H3;1-2H3. The zero-order valence-electron chi connectivity index (χ0n) is 22.5. The third-order valence-corrected chi connectivity index (χ3v) is 7.30. The molecule has 0 fully saturated rings. The number of likely N-dealkylation sites (N-methyl/N-ethyl adjacent to an activating group) is 1. The Hall–Kier alpha value is -3.97. The number of aryl methyl sites for hydroxylation is 2. The third-order valence-electron chi connectivity index (χ3n) is 6.80. The first-order valence-corrected chi connectivity index (χ1v) is 13.3. The minimum absolute atomic E-state index is 0.0407. The van der Waals surface area contributed by atoms with Crippen LogP contribution in [0, 0.1) is 24.4 Å². The highest BCUT2D eigenvalue weighted by Gasteiger charge is 2.28. The number of carbonyl (C=O) groups is 1. The topological polar surface area (TPSA) is 86.6 Å². The molecule has 2 N–H and O–H groups in total. The normalized spacial score (nSPS) is 11.7. The Kier molecular flexibility index (Phi) is 8.45. The maximum atomic E-state index is 14.7. The molecular formula is C30H29F3N3O3P. The average Bonchev–Trinajstić information content (AvgIpc) is 2.97. The molecule has 1 unspecified atom stereocenters. The van der Waals surface area contributed by atoms with Crippen molar-refractivity contribution in [1.29, 1.82) is 0 Å². The van der Waals surface area contributed by atoms with Crippen molar-refractivity contribution >= 4 is 26.3 Å². The van der Waals surface area contributed by atoms with Gasteiger partial charge in [0.1, 0.15) is 23.0 Å². The van der Waals surface area contributed by atoms with E-state index < -0.39 is 35.1 Å². The number of halogens is 3. The average molecular weight is 568 g/mol. The fraction of sp³-hybridized carbons (Fsp3) is 0.233. The van der Waals surface area contributed by atoms with Gasteiger partial charge < -0.3 is 10.2 Å². The minimum Gasteiger partial charge on any atom is -0.508 e. The number of benzene rings is 3. The first-order chi connectivity index (χ1) is 19.1. The predicted molar refractivity (Wildman–Crippen MR) is 153 cm³/mol. The van der Waals surface area contributed by atoms with Crippen molar-refractivity contribution in [2.45, 2.75) is 40.0 Å². The lowest BCUT2D eigenvalue weighted by Crippen LogP contribution is -2.31. The van der Waals surface area contributed by atoms with Gasteiger partial charge >= 0.3 is 0 Å². The number of aromatic nitrogens is 2. The van der Waals surface area contributed by atoms with Crippen molar-refractivity contribution in [3.63, 3.8) is 0 Å². The molecule has 4 aromatic rings. The maximum absolute atomic E-state index is 14.7. The van der Waals surface area contributed by atoms with E-state index in [-0.39, 0.29) is 28.4 Å². The van der Waals surface area contributed by atoms with Crippen LogP contribution < -0.4 is 10.2 Å². The Morgan fingerprint density at radius 2 is 1.57 bits per heavy atom. The molecule has 3 aromatic carbocycles. The van der Waals surface area contributed by atoms with Gasteiger partial charge in [0, 0.05) is 29.0 Å². The molecule has 1 heterocycles. The monoisotopic (exact) mass is 567 g/mol. The van der Waals surface area contributed by atoms with Crippen molar-refractivity contribution in [3.8, 4) is 34.0 Å². The van der Waals surface area contributed by atoms with E-state index in [2.05, 4.69) is 0 Å². The van der Waals surface area contributed by atoms with Gasteiger partial charge in [-0.2, -0.15) is 0 Å². The van der Waals surface area contributed by atoms with E-state index in [9.17, 15) is 28.2 Å². The maximum Gasteiger partial charge on any atom is 0.232 e. The molecule has 0 radical (unpaired) electrons. The van der Waals surface area contributed by atoms with Crippen LogP contribution in [-0.4, -0.2) is 33.1 Å². The van der Waals surface area contributed by atoms with Crippen molar-refractivity contribution in [2.75, 3.05) is 11.9 Å². The number of phenols is 2. The van der Waals surface area contributed by atoms with Gasteiger partial charge in [0.25, 0.3) is 0 Å². The third kappa shape index (κ3) is 5.26. The summed E-state index contributed by atoms with van der Waals surface area (Å²) in [5, 5.41) is 19.2. The van der Waals surface area contributed by atoms with E-state index >= 15 is 0 Å². The highest BCUT2D eigenvalue weighted by atomic mass is 31.0. The van der Waals surface area contributed by atoms with Gasteiger partial charge in [0.2, 0.25) is 5.91 Å². The van der Waals surface area contributed by atoms with Crippen molar-refractivity contribution in [3.05, 3.63) is 82.3 Å². The van der Waals surface area contributed by atoms with Gasteiger partial charge in [0.15, 0.2) is 17.5 Å². The molecule has 1 atom stereocenters. The van der Waals surface area contributed by atoms with Gasteiger partial charge in [-0.1, -0.05) is 23.1 Å². The van der Waals surface area contributed by atoms with Crippen molar-refractivity contribution in [1.82, 2.24) is 9.97 Å². The van der Waals surface area contributed by atoms with E-state index in [0.29, 0.717) is 35.5 Å². The summed E-state index contributed by atoms with van der Waals surface area (Å²) in [5.41, 5.74) is 3.32. The second kappa shape index (κ2) is 11.6. The highest BCUT2D eigenvalue weighted by Crippen LogP contribution is 2.38. The summed E-state index contributed by atoms with van der Waals surface area (Å²) < 4.78 is 43.4. The molecule has 5 rings (SSSR count). The SMILES string of the molecule is CC.Cc1c(F)c(P)c(F)c(F)c1CC(=O)N(C)c1nc2c(nc1-c1ccc(O)cc1)-c1ccc(O)cc1CC2. The molecule has 0 spiro atoms. The number of phenolic OH excluding ortho intramolecular Hbond substituents is 2. The summed E-state index contributed by atoms with van der Waals surface area (Å²) in [5.74, 6) is -3.83. The van der Waals surface area contributed by atoms with Crippen LogP contribution in [0.2, 0.25) is 0 Å². The molecule has 1 aromatic heterocycles. The molecule has 208 valence electrons. The Morgan fingerprint density at radius 3 is 2.25 bits per heavy atom. The predicted octanol–water partition coefficient (Wildman–Crippen LogP) is 5.78. The Labute approximate surface area is 232 Å². The van der Waals surface area contributed by atoms with Crippen molar-refractivity contribution in [2.24, 2.45) is 0 Å². The summed E-state index contributed by atoms with van der Waals surface area (Å²) >= 11 is 0. The summed E-state index contributed by atoms with van der Waals surface area (Å²) in [6, 6.07) is 11.2. The summed E-state index contributed by atoms with van der Waals surface area (Å²) in [6.45, 7) is 5.30. The second-order valence-electron chi connectivity index (χ2n) is 9.17. The number of fused-ring (bicyclic) bond motifs is 3. The summed E-state index contributed by atoms with van der Waals surface area (Å²) in [4.78, 5) is 24.2. The van der Waals surface area contributed by atoms with Gasteiger partial charge in [0.05, 0.1) is 17.8 Å². The molecule has 10 heteroatoms. The number of aromatic hydroxyl groups is 2. The largest absolute Gasteiger partial charge is 0.508 e. The molecule has 0 saturated heterocycles. The number of hydrogen-bond acceptors (Lipinski definition) is 5. The van der Waals surface area contributed by atoms with Crippen molar-refractivity contribution < 1.29 is 28.2 Å². The van der Waals surface area contributed by atoms with Crippen LogP contribution in [0.25, 0.3) is 22.5 Å². The fourth-order valence-corrected chi connectivity index (χ4v) is 4.96. The fourth-order valence-electron chi connectivity index (χ4n) is 4.61. The van der Waals surface area contributed by atoms with Crippen LogP contribution in [0.1, 0.15) is 36.2 Å². The van der Waals surface area contributed by atoms with Gasteiger partial charge in [-0.05, 0) is 73.4 Å². The molecule has 6 nitrogen and oxygen atoms in total. The quantitative estimate of drug-likeness (QED) is 0.241. The zero-order valence-corrected chi connectivity index (χ0v) is 23.7. The molecule has 0 saturated carbocycles. The number of carbonyl (C=O) groups excluding carboxylic acids is 1. The molecule has 1 aliphatic rings. The van der Waals surface area contributed by atoms with Crippen LogP contribution >= 0.6 is 9.24 Å². The van der Waals surface area contributed by atoms with Crippen LogP contribution in [-0.2, 0) is 24.1 Å². The molecular weight excluding hydrogens is 538 g/mol. The Morgan fingerprint density at radius 1 is 0.925 bits per heavy atom. The van der Waals surface area contributed by atoms with Gasteiger partial charge in [-0.25, -0.2) is 23.1 Å². The smallest absolute Gasteiger partial charge is 0.232 e. The van der Waals surface area contributed by atoms with E-state index in [1.165, 1.54) is 31.0 Å². The van der Waals surface area contributed by atoms with Crippen LogP contribution in [0.3, 0.4) is 0 Å². The van der Waals surface area contributed by atoms with E-state index in [1.54, 1.807) is 30.3 Å². The lowest BCUT2D eigenvalue weighted by molar-refractivity contribution is -0.117. The summed E-state index contributed by atoms with van der Waals surface area (Å²) in [7, 11) is 3.28. The van der Waals surface area contributed by atoms with E-state index in [4.69, 9.17) is 9.97 Å². The Bertz CT molecular complexity index is 1580. The number of hydrogen-bond donors (Lipinski definition) is 2. The van der Waals surface area contributed by atoms with Crippen LogP contribution in [0.5, 0.6) is 11.5 Å². The van der Waals surface area contributed by atoms with E-state index in [1.807, 2.05) is 23.1 Å². The van der Waals surface area contributed by atoms with Gasteiger partial charge in [-0.3, -0.25) is 9.69 Å². The second-order valence-corrected chi connectivity index (χ2v) is 9.75. The molecule has 1 amide bonds.